The van der Waals surface area contributed by atoms with Crippen LogP contribution in [0.3, 0.4) is 0 Å². The highest BCUT2D eigenvalue weighted by Crippen LogP contribution is 2.30. The number of carbonyl (C=O) groups excluding carboxylic acids is 1. The maximum absolute atomic E-state index is 12.3. The number of carbonyl (C=O) groups is 1. The lowest BCUT2D eigenvalue weighted by atomic mass is 10.1. The number of anilines is 1. The molecule has 0 fully saturated rings. The standard InChI is InChI=1S/C18H16N2O3S2/c1-12-16(13-6-4-3-5-7-13)19-18(24-12)20-17(21)14-8-10-15(11-9-14)25(2,22)23/h3-11H,1-2H3,(H,19,20,21). The lowest BCUT2D eigenvalue weighted by Gasteiger charge is -2.03. The van der Waals surface area contributed by atoms with E-state index in [1.54, 1.807) is 0 Å². The number of nitrogens with one attached hydrogen (secondary N) is 1. The number of sulfone groups is 1. The fraction of sp³-hybridized carbons (Fsp3) is 0.111. The predicted molar refractivity (Wildman–Crippen MR) is 99.8 cm³/mol. The lowest BCUT2D eigenvalue weighted by Crippen LogP contribution is -2.11. The van der Waals surface area contributed by atoms with Gasteiger partial charge < -0.3 is 0 Å². The number of hydrogen-bond donors (Lipinski definition) is 1. The molecule has 1 heterocycles. The summed E-state index contributed by atoms with van der Waals surface area (Å²) < 4.78 is 22.9. The van der Waals surface area contributed by atoms with Gasteiger partial charge in [-0.15, -0.1) is 11.3 Å². The smallest absolute Gasteiger partial charge is 0.257 e. The molecule has 25 heavy (non-hydrogen) atoms. The lowest BCUT2D eigenvalue weighted by molar-refractivity contribution is 0.102. The predicted octanol–water partition coefficient (Wildman–Crippen LogP) is 3.77. The second kappa shape index (κ2) is 6.78. The van der Waals surface area contributed by atoms with Gasteiger partial charge in [0.15, 0.2) is 15.0 Å². The first kappa shape index (κ1) is 17.3. The molecule has 1 N–H and O–H groups in total. The van der Waals surface area contributed by atoms with Crippen molar-refractivity contribution in [2.24, 2.45) is 0 Å². The molecule has 128 valence electrons. The number of nitrogens with zero attached hydrogens (tertiary/aromatic N) is 1. The van der Waals surface area contributed by atoms with Crippen molar-refractivity contribution in [2.45, 2.75) is 11.8 Å². The summed E-state index contributed by atoms with van der Waals surface area (Å²) in [5.74, 6) is -0.326. The quantitative estimate of drug-likeness (QED) is 0.756. The second-order valence-electron chi connectivity index (χ2n) is 5.54. The molecule has 3 aromatic rings. The van der Waals surface area contributed by atoms with Gasteiger partial charge in [0, 0.05) is 22.3 Å². The zero-order valence-corrected chi connectivity index (χ0v) is 15.3. The summed E-state index contributed by atoms with van der Waals surface area (Å²) >= 11 is 1.40. The van der Waals surface area contributed by atoms with Crippen LogP contribution in [0.5, 0.6) is 0 Å². The van der Waals surface area contributed by atoms with E-state index in [9.17, 15) is 13.2 Å². The van der Waals surface area contributed by atoms with Gasteiger partial charge in [0.1, 0.15) is 0 Å². The summed E-state index contributed by atoms with van der Waals surface area (Å²) in [4.78, 5) is 18.0. The Kier molecular flexibility index (Phi) is 4.69. The van der Waals surface area contributed by atoms with Crippen LogP contribution in [0.25, 0.3) is 11.3 Å². The van der Waals surface area contributed by atoms with Crippen molar-refractivity contribution >= 4 is 32.2 Å². The Morgan fingerprint density at radius 2 is 1.68 bits per heavy atom. The molecule has 0 saturated carbocycles. The highest BCUT2D eigenvalue weighted by Gasteiger charge is 2.14. The molecule has 1 amide bonds. The van der Waals surface area contributed by atoms with Crippen LogP contribution in [0.1, 0.15) is 15.2 Å². The molecule has 0 radical (unpaired) electrons. The molecule has 0 aliphatic rings. The van der Waals surface area contributed by atoms with Crippen molar-refractivity contribution in [2.75, 3.05) is 11.6 Å². The second-order valence-corrected chi connectivity index (χ2v) is 8.76. The molecule has 0 unspecified atom stereocenters. The number of thiazole rings is 1. The molecular weight excluding hydrogens is 356 g/mol. The minimum atomic E-state index is -3.28. The third-order valence-corrected chi connectivity index (χ3v) is 5.62. The summed E-state index contributed by atoms with van der Waals surface area (Å²) in [6.07, 6.45) is 1.13. The van der Waals surface area contributed by atoms with E-state index in [4.69, 9.17) is 0 Å². The van der Waals surface area contributed by atoms with Crippen LogP contribution < -0.4 is 5.32 Å². The van der Waals surface area contributed by atoms with Gasteiger partial charge in [-0.25, -0.2) is 13.4 Å². The third-order valence-electron chi connectivity index (χ3n) is 3.61. The van der Waals surface area contributed by atoms with Gasteiger partial charge in [-0.1, -0.05) is 30.3 Å². The van der Waals surface area contributed by atoms with E-state index in [0.29, 0.717) is 10.7 Å². The van der Waals surface area contributed by atoms with E-state index in [-0.39, 0.29) is 10.8 Å². The normalized spacial score (nSPS) is 11.3. The van der Waals surface area contributed by atoms with Crippen molar-refractivity contribution in [1.82, 2.24) is 4.98 Å². The average molecular weight is 372 g/mol. The Balaban J connectivity index is 1.80. The molecule has 0 bridgehead atoms. The number of hydrogen-bond acceptors (Lipinski definition) is 5. The van der Waals surface area contributed by atoms with E-state index in [1.807, 2.05) is 37.3 Å². The third kappa shape index (κ3) is 3.94. The van der Waals surface area contributed by atoms with Crippen LogP contribution in [0.2, 0.25) is 0 Å². The summed E-state index contributed by atoms with van der Waals surface area (Å²) in [5.41, 5.74) is 2.21. The van der Waals surface area contributed by atoms with Crippen molar-refractivity contribution in [1.29, 1.82) is 0 Å². The Bertz CT molecular complexity index is 1010. The topological polar surface area (TPSA) is 76.1 Å². The zero-order valence-electron chi connectivity index (χ0n) is 13.7. The molecule has 0 aliphatic heterocycles. The van der Waals surface area contributed by atoms with Gasteiger partial charge in [0.05, 0.1) is 10.6 Å². The number of amides is 1. The van der Waals surface area contributed by atoms with Crippen molar-refractivity contribution < 1.29 is 13.2 Å². The van der Waals surface area contributed by atoms with E-state index in [0.717, 1.165) is 22.4 Å². The van der Waals surface area contributed by atoms with Gasteiger partial charge in [-0.05, 0) is 31.2 Å². The molecule has 3 rings (SSSR count). The van der Waals surface area contributed by atoms with E-state index < -0.39 is 9.84 Å². The fourth-order valence-corrected chi connectivity index (χ4v) is 3.80. The maximum Gasteiger partial charge on any atom is 0.257 e. The maximum atomic E-state index is 12.3. The minimum Gasteiger partial charge on any atom is -0.298 e. The van der Waals surface area contributed by atoms with E-state index >= 15 is 0 Å². The van der Waals surface area contributed by atoms with Crippen molar-refractivity contribution in [3.8, 4) is 11.3 Å². The van der Waals surface area contributed by atoms with Gasteiger partial charge in [-0.3, -0.25) is 10.1 Å². The Labute approximate surface area is 150 Å². The van der Waals surface area contributed by atoms with Crippen LogP contribution in [0, 0.1) is 6.92 Å². The summed E-state index contributed by atoms with van der Waals surface area (Å²) in [6.45, 7) is 1.95. The van der Waals surface area contributed by atoms with Crippen LogP contribution in [0.4, 0.5) is 5.13 Å². The highest BCUT2D eigenvalue weighted by atomic mass is 32.2. The van der Waals surface area contributed by atoms with Gasteiger partial charge in [0.25, 0.3) is 5.91 Å². The average Bonchev–Trinajstić information content (AvgIpc) is 2.95. The molecule has 2 aromatic carbocycles. The first-order valence-electron chi connectivity index (χ1n) is 7.49. The summed E-state index contributed by atoms with van der Waals surface area (Å²) in [7, 11) is -3.28. The first-order chi connectivity index (χ1) is 11.8. The summed E-state index contributed by atoms with van der Waals surface area (Å²) in [6, 6.07) is 15.6. The van der Waals surface area contributed by atoms with Gasteiger partial charge in [0.2, 0.25) is 0 Å². The molecule has 0 atom stereocenters. The number of aromatic nitrogens is 1. The molecular formula is C18H16N2O3S2. The molecule has 0 aliphatic carbocycles. The number of rotatable bonds is 4. The van der Waals surface area contributed by atoms with Crippen LogP contribution >= 0.6 is 11.3 Å². The highest BCUT2D eigenvalue weighted by molar-refractivity contribution is 7.90. The first-order valence-corrected chi connectivity index (χ1v) is 10.2. The van der Waals surface area contributed by atoms with Gasteiger partial charge in [-0.2, -0.15) is 0 Å². The Morgan fingerprint density at radius 1 is 1.04 bits per heavy atom. The summed E-state index contributed by atoms with van der Waals surface area (Å²) in [5, 5.41) is 3.27. The van der Waals surface area contributed by atoms with Crippen molar-refractivity contribution in [3.63, 3.8) is 0 Å². The Hall–Kier alpha value is -2.51. The van der Waals surface area contributed by atoms with Crippen molar-refractivity contribution in [3.05, 3.63) is 65.0 Å². The molecule has 7 heteroatoms. The number of benzene rings is 2. The van der Waals surface area contributed by atoms with Crippen LogP contribution in [0.15, 0.2) is 59.5 Å². The molecule has 0 spiro atoms. The van der Waals surface area contributed by atoms with E-state index in [1.165, 1.54) is 35.6 Å². The molecule has 1 aromatic heterocycles. The zero-order chi connectivity index (χ0) is 18.0. The largest absolute Gasteiger partial charge is 0.298 e. The SMILES string of the molecule is Cc1sc(NC(=O)c2ccc(S(C)(=O)=O)cc2)nc1-c1ccccc1. The van der Waals surface area contributed by atoms with Gasteiger partial charge >= 0.3 is 0 Å². The van der Waals surface area contributed by atoms with Crippen LogP contribution in [-0.2, 0) is 9.84 Å². The molecule has 0 saturated heterocycles. The monoisotopic (exact) mass is 372 g/mol. The van der Waals surface area contributed by atoms with E-state index in [2.05, 4.69) is 10.3 Å². The van der Waals surface area contributed by atoms with Crippen LogP contribution in [-0.4, -0.2) is 25.6 Å². The fourth-order valence-electron chi connectivity index (χ4n) is 2.34. The minimum absolute atomic E-state index is 0.181. The Morgan fingerprint density at radius 3 is 2.28 bits per heavy atom. The number of aryl methyl sites for hydroxylation is 1. The molecule has 5 nitrogen and oxygen atoms in total.